The average Bonchev–Trinajstić information content (AvgIpc) is 2.98. The van der Waals surface area contributed by atoms with Gasteiger partial charge in [-0.25, -0.2) is 9.78 Å². The highest BCUT2D eigenvalue weighted by Gasteiger charge is 2.13. The summed E-state index contributed by atoms with van der Waals surface area (Å²) in [5.41, 5.74) is 0.877. The van der Waals surface area contributed by atoms with E-state index in [0.717, 1.165) is 21.9 Å². The molecule has 5 nitrogen and oxygen atoms in total. The molecule has 0 aliphatic heterocycles. The first-order chi connectivity index (χ1) is 11.1. The van der Waals surface area contributed by atoms with Gasteiger partial charge in [-0.15, -0.1) is 11.3 Å². The summed E-state index contributed by atoms with van der Waals surface area (Å²) in [6, 6.07) is 8.71. The lowest BCUT2D eigenvalue weighted by Gasteiger charge is -2.17. The van der Waals surface area contributed by atoms with Gasteiger partial charge in [0.25, 0.3) is 0 Å². The zero-order valence-electron chi connectivity index (χ0n) is 13.5. The topological polar surface area (TPSA) is 74.2 Å². The van der Waals surface area contributed by atoms with Crippen molar-refractivity contribution in [1.82, 2.24) is 15.6 Å². The third kappa shape index (κ3) is 5.65. The molecule has 1 aromatic carbocycles. The average molecular weight is 333 g/mol. The van der Waals surface area contributed by atoms with Gasteiger partial charge in [-0.05, 0) is 11.5 Å². The van der Waals surface area contributed by atoms with Crippen LogP contribution in [0.2, 0.25) is 0 Å². The molecule has 1 aromatic heterocycles. The normalized spacial score (nSPS) is 12.2. The molecule has 0 fully saturated rings. The van der Waals surface area contributed by atoms with E-state index in [1.165, 1.54) is 0 Å². The first-order valence-corrected chi connectivity index (χ1v) is 8.54. The molecule has 2 aromatic rings. The van der Waals surface area contributed by atoms with Crippen LogP contribution in [0.3, 0.4) is 0 Å². The minimum atomic E-state index is -0.408. The summed E-state index contributed by atoms with van der Waals surface area (Å²) in [6.45, 7) is 4.61. The molecule has 0 spiro atoms. The number of aliphatic hydroxyl groups excluding tert-OH is 1. The molecular formula is C17H23N3O2S. The molecule has 0 aliphatic rings. The zero-order valence-corrected chi connectivity index (χ0v) is 14.3. The van der Waals surface area contributed by atoms with Crippen LogP contribution in [0, 0.1) is 5.92 Å². The Bertz CT molecular complexity index is 613. The molecule has 6 heteroatoms. The van der Waals surface area contributed by atoms with E-state index < -0.39 is 6.04 Å². The fraction of sp³-hybridized carbons (Fsp3) is 0.412. The predicted octanol–water partition coefficient (Wildman–Crippen LogP) is 2.87. The largest absolute Gasteiger partial charge is 0.394 e. The van der Waals surface area contributed by atoms with Crippen LogP contribution < -0.4 is 10.6 Å². The molecule has 3 N–H and O–H groups in total. The van der Waals surface area contributed by atoms with E-state index in [4.69, 9.17) is 0 Å². The predicted molar refractivity (Wildman–Crippen MR) is 92.3 cm³/mol. The van der Waals surface area contributed by atoms with Gasteiger partial charge >= 0.3 is 6.03 Å². The Morgan fingerprint density at radius 1 is 1.30 bits per heavy atom. The van der Waals surface area contributed by atoms with Crippen molar-refractivity contribution in [3.05, 3.63) is 52.0 Å². The number of urea groups is 1. The fourth-order valence-corrected chi connectivity index (χ4v) is 3.24. The number of carbonyl (C=O) groups excluding carboxylic acids is 1. The fourth-order valence-electron chi connectivity index (χ4n) is 2.17. The van der Waals surface area contributed by atoms with E-state index >= 15 is 0 Å². The Balaban J connectivity index is 1.83. The lowest BCUT2D eigenvalue weighted by atomic mass is 10.1. The number of thiazole rings is 1. The summed E-state index contributed by atoms with van der Waals surface area (Å²) >= 11 is 1.62. The maximum atomic E-state index is 12.0. The summed E-state index contributed by atoms with van der Waals surface area (Å²) < 4.78 is 0. The lowest BCUT2D eigenvalue weighted by molar-refractivity contribution is 0.216. The van der Waals surface area contributed by atoms with Gasteiger partial charge in [0.15, 0.2) is 0 Å². The number of rotatable bonds is 7. The van der Waals surface area contributed by atoms with Crippen LogP contribution >= 0.6 is 11.3 Å². The van der Waals surface area contributed by atoms with Gasteiger partial charge in [-0.1, -0.05) is 44.2 Å². The van der Waals surface area contributed by atoms with Crippen LogP contribution in [-0.4, -0.2) is 22.7 Å². The maximum absolute atomic E-state index is 12.0. The van der Waals surface area contributed by atoms with Crippen LogP contribution in [0.5, 0.6) is 0 Å². The van der Waals surface area contributed by atoms with Crippen LogP contribution in [0.4, 0.5) is 4.79 Å². The van der Waals surface area contributed by atoms with Crippen molar-refractivity contribution in [2.24, 2.45) is 5.92 Å². The third-order valence-electron chi connectivity index (χ3n) is 3.30. The van der Waals surface area contributed by atoms with Gasteiger partial charge in [-0.3, -0.25) is 0 Å². The van der Waals surface area contributed by atoms with Crippen molar-refractivity contribution in [2.45, 2.75) is 32.9 Å². The van der Waals surface area contributed by atoms with Crippen molar-refractivity contribution in [3.63, 3.8) is 0 Å². The van der Waals surface area contributed by atoms with E-state index in [1.807, 2.05) is 36.5 Å². The molecule has 124 valence electrons. The molecule has 0 saturated heterocycles. The Labute approximate surface area is 140 Å². The molecule has 0 aliphatic carbocycles. The van der Waals surface area contributed by atoms with E-state index in [-0.39, 0.29) is 12.6 Å². The summed E-state index contributed by atoms with van der Waals surface area (Å²) in [7, 11) is 0. The van der Waals surface area contributed by atoms with Crippen molar-refractivity contribution in [2.75, 3.05) is 6.61 Å². The van der Waals surface area contributed by atoms with Gasteiger partial charge in [0, 0.05) is 17.5 Å². The number of hydrogen-bond acceptors (Lipinski definition) is 4. The number of benzene rings is 1. The minimum Gasteiger partial charge on any atom is -0.394 e. The Morgan fingerprint density at radius 3 is 2.70 bits per heavy atom. The smallest absolute Gasteiger partial charge is 0.315 e. The zero-order chi connectivity index (χ0) is 16.7. The van der Waals surface area contributed by atoms with Gasteiger partial charge in [0.1, 0.15) is 0 Å². The quantitative estimate of drug-likeness (QED) is 0.729. The molecule has 1 heterocycles. The van der Waals surface area contributed by atoms with Crippen molar-refractivity contribution < 1.29 is 9.90 Å². The van der Waals surface area contributed by atoms with Gasteiger partial charge < -0.3 is 15.7 Å². The highest BCUT2D eigenvalue weighted by Crippen LogP contribution is 2.16. The van der Waals surface area contributed by atoms with Gasteiger partial charge in [0.2, 0.25) is 0 Å². The first-order valence-electron chi connectivity index (χ1n) is 7.72. The molecule has 0 radical (unpaired) electrons. The van der Waals surface area contributed by atoms with Gasteiger partial charge in [0.05, 0.1) is 24.2 Å². The van der Waals surface area contributed by atoms with Crippen molar-refractivity contribution in [3.8, 4) is 0 Å². The summed E-state index contributed by atoms with van der Waals surface area (Å²) in [6.07, 6.45) is 2.76. The van der Waals surface area contributed by atoms with Gasteiger partial charge in [-0.2, -0.15) is 0 Å². The van der Waals surface area contributed by atoms with E-state index in [1.54, 1.807) is 11.3 Å². The number of nitrogens with one attached hydrogen (secondary N) is 2. The number of carbonyl (C=O) groups is 1. The second-order valence-corrected chi connectivity index (χ2v) is 6.99. The lowest BCUT2D eigenvalue weighted by Crippen LogP contribution is -2.38. The monoisotopic (exact) mass is 333 g/mol. The summed E-state index contributed by atoms with van der Waals surface area (Å²) in [5.74, 6) is 0.571. The van der Waals surface area contributed by atoms with Crippen LogP contribution in [0.1, 0.15) is 35.3 Å². The standard InChI is InChI=1S/C17H23N3O2S/c1-12(2)8-16-18-9-14(23-16)10-19-17(22)20-15(11-21)13-6-4-3-5-7-13/h3-7,9,12,15,21H,8,10-11H2,1-2H3,(H2,19,20,22). The summed E-state index contributed by atoms with van der Waals surface area (Å²) in [4.78, 5) is 17.4. The van der Waals surface area contributed by atoms with Crippen molar-refractivity contribution >= 4 is 17.4 Å². The highest BCUT2D eigenvalue weighted by atomic mass is 32.1. The number of hydrogen-bond donors (Lipinski definition) is 3. The van der Waals surface area contributed by atoms with E-state index in [0.29, 0.717) is 12.5 Å². The van der Waals surface area contributed by atoms with E-state index in [2.05, 4.69) is 29.5 Å². The third-order valence-corrected chi connectivity index (χ3v) is 4.32. The van der Waals surface area contributed by atoms with Crippen LogP contribution in [-0.2, 0) is 13.0 Å². The molecule has 2 rings (SSSR count). The minimum absolute atomic E-state index is 0.142. The Hall–Kier alpha value is -1.92. The first kappa shape index (κ1) is 17.4. The number of amides is 2. The number of nitrogens with zero attached hydrogens (tertiary/aromatic N) is 1. The molecule has 23 heavy (non-hydrogen) atoms. The highest BCUT2D eigenvalue weighted by molar-refractivity contribution is 7.11. The number of aromatic nitrogens is 1. The van der Waals surface area contributed by atoms with Crippen LogP contribution in [0.25, 0.3) is 0 Å². The van der Waals surface area contributed by atoms with Crippen LogP contribution in [0.15, 0.2) is 36.5 Å². The molecule has 1 atom stereocenters. The summed E-state index contributed by atoms with van der Waals surface area (Å²) in [5, 5.41) is 16.1. The molecule has 1 unspecified atom stereocenters. The van der Waals surface area contributed by atoms with Crippen molar-refractivity contribution in [1.29, 1.82) is 0 Å². The molecule has 0 saturated carbocycles. The van der Waals surface area contributed by atoms with E-state index in [9.17, 15) is 9.90 Å². The number of aliphatic hydroxyl groups is 1. The second-order valence-electron chi connectivity index (χ2n) is 5.79. The maximum Gasteiger partial charge on any atom is 0.315 e. The Morgan fingerprint density at radius 2 is 2.04 bits per heavy atom. The second kappa shape index (κ2) is 8.64. The molecule has 2 amide bonds. The Kier molecular flexibility index (Phi) is 6.55. The molecule has 0 bridgehead atoms. The molecular weight excluding hydrogens is 310 g/mol. The SMILES string of the molecule is CC(C)Cc1ncc(CNC(=O)NC(CO)c2ccccc2)s1.